The summed E-state index contributed by atoms with van der Waals surface area (Å²) in [7, 11) is 2.00. The van der Waals surface area contributed by atoms with Crippen LogP contribution in [0.25, 0.3) is 0 Å². The predicted octanol–water partition coefficient (Wildman–Crippen LogP) is 3.09. The summed E-state index contributed by atoms with van der Waals surface area (Å²) in [5.41, 5.74) is 1.94. The lowest BCUT2D eigenvalue weighted by atomic mass is 9.92. The zero-order valence-electron chi connectivity index (χ0n) is 15.7. The first-order chi connectivity index (χ1) is 12.3. The zero-order chi connectivity index (χ0) is 18.9. The van der Waals surface area contributed by atoms with E-state index in [1.165, 1.54) is 0 Å². The SMILES string of the molecule is Cn1c(C(C)(C)C)c/c(=N/C(=O)c2cccnc2Cl)n1C[C@H]1CCCO1. The molecular weight excluding hydrogens is 352 g/mol. The predicted molar refractivity (Wildman–Crippen MR) is 100 cm³/mol. The van der Waals surface area contributed by atoms with E-state index in [0.717, 1.165) is 25.1 Å². The van der Waals surface area contributed by atoms with Gasteiger partial charge in [-0.15, -0.1) is 0 Å². The fourth-order valence-electron chi connectivity index (χ4n) is 3.27. The summed E-state index contributed by atoms with van der Waals surface area (Å²) >= 11 is 6.05. The molecule has 3 heterocycles. The molecule has 6 nitrogen and oxygen atoms in total. The molecule has 0 radical (unpaired) electrons. The topological polar surface area (TPSA) is 61.4 Å². The largest absolute Gasteiger partial charge is 0.376 e. The number of amides is 1. The zero-order valence-corrected chi connectivity index (χ0v) is 16.5. The Hall–Kier alpha value is -1.92. The minimum Gasteiger partial charge on any atom is -0.376 e. The summed E-state index contributed by atoms with van der Waals surface area (Å²) in [6.45, 7) is 7.88. The third-order valence-corrected chi connectivity index (χ3v) is 4.92. The molecular formula is C19H25ClN4O2. The van der Waals surface area contributed by atoms with Crippen LogP contribution in [-0.4, -0.2) is 33.0 Å². The minimum absolute atomic E-state index is 0.0736. The number of nitrogens with zero attached hydrogens (tertiary/aromatic N) is 4. The quantitative estimate of drug-likeness (QED) is 0.773. The van der Waals surface area contributed by atoms with Crippen LogP contribution < -0.4 is 5.49 Å². The van der Waals surface area contributed by atoms with Gasteiger partial charge < -0.3 is 4.74 Å². The average molecular weight is 377 g/mol. The molecule has 140 valence electrons. The van der Waals surface area contributed by atoms with Crippen molar-refractivity contribution in [2.45, 2.75) is 51.7 Å². The average Bonchev–Trinajstić information content (AvgIpc) is 3.18. The number of halogens is 1. The maximum absolute atomic E-state index is 12.6. The number of carbonyl (C=O) groups is 1. The van der Waals surface area contributed by atoms with Gasteiger partial charge in [0.05, 0.1) is 18.2 Å². The summed E-state index contributed by atoms with van der Waals surface area (Å²) in [5, 5.41) is 0.166. The van der Waals surface area contributed by atoms with E-state index in [0.29, 0.717) is 17.6 Å². The first-order valence-electron chi connectivity index (χ1n) is 8.86. The number of pyridine rings is 1. The Balaban J connectivity index is 2.06. The van der Waals surface area contributed by atoms with Crippen molar-refractivity contribution in [2.24, 2.45) is 12.0 Å². The molecule has 1 saturated heterocycles. The van der Waals surface area contributed by atoms with Crippen molar-refractivity contribution in [3.8, 4) is 0 Å². The van der Waals surface area contributed by atoms with Gasteiger partial charge in [0.25, 0.3) is 5.91 Å². The van der Waals surface area contributed by atoms with Crippen molar-refractivity contribution in [1.29, 1.82) is 0 Å². The van der Waals surface area contributed by atoms with E-state index in [4.69, 9.17) is 16.3 Å². The molecule has 26 heavy (non-hydrogen) atoms. The molecule has 7 heteroatoms. The smallest absolute Gasteiger partial charge is 0.282 e. The molecule has 1 atom stereocenters. The van der Waals surface area contributed by atoms with Crippen molar-refractivity contribution >= 4 is 17.5 Å². The van der Waals surface area contributed by atoms with Crippen LogP contribution in [0.5, 0.6) is 0 Å². The van der Waals surface area contributed by atoms with Crippen LogP contribution in [0.2, 0.25) is 5.15 Å². The van der Waals surface area contributed by atoms with Crippen molar-refractivity contribution < 1.29 is 9.53 Å². The summed E-state index contributed by atoms with van der Waals surface area (Å²) in [4.78, 5) is 21.0. The summed E-state index contributed by atoms with van der Waals surface area (Å²) in [6.07, 6.45) is 3.78. The minimum atomic E-state index is -0.393. The lowest BCUT2D eigenvalue weighted by Crippen LogP contribution is -2.30. The molecule has 1 aliphatic rings. The summed E-state index contributed by atoms with van der Waals surface area (Å²) in [5.74, 6) is -0.393. The highest BCUT2D eigenvalue weighted by Gasteiger charge is 2.23. The highest BCUT2D eigenvalue weighted by Crippen LogP contribution is 2.21. The lowest BCUT2D eigenvalue weighted by Gasteiger charge is -2.21. The molecule has 1 aliphatic heterocycles. The van der Waals surface area contributed by atoms with Crippen molar-refractivity contribution in [1.82, 2.24) is 14.3 Å². The molecule has 0 unspecified atom stereocenters. The Kier molecular flexibility index (Phi) is 5.34. The lowest BCUT2D eigenvalue weighted by molar-refractivity contribution is 0.0885. The Morgan fingerprint density at radius 3 is 2.85 bits per heavy atom. The van der Waals surface area contributed by atoms with Gasteiger partial charge in [-0.3, -0.25) is 14.2 Å². The van der Waals surface area contributed by atoms with Crippen LogP contribution >= 0.6 is 11.6 Å². The highest BCUT2D eigenvalue weighted by molar-refractivity contribution is 6.32. The van der Waals surface area contributed by atoms with E-state index in [-0.39, 0.29) is 16.7 Å². The van der Waals surface area contributed by atoms with E-state index >= 15 is 0 Å². The van der Waals surface area contributed by atoms with Gasteiger partial charge in [0, 0.05) is 37.0 Å². The van der Waals surface area contributed by atoms with Gasteiger partial charge in [-0.1, -0.05) is 32.4 Å². The second-order valence-electron chi connectivity index (χ2n) is 7.64. The van der Waals surface area contributed by atoms with Gasteiger partial charge in [0.15, 0.2) is 5.49 Å². The van der Waals surface area contributed by atoms with Crippen LogP contribution in [0.3, 0.4) is 0 Å². The second-order valence-corrected chi connectivity index (χ2v) is 8.00. The van der Waals surface area contributed by atoms with Crippen LogP contribution in [0.1, 0.15) is 49.7 Å². The Morgan fingerprint density at radius 2 is 2.23 bits per heavy atom. The summed E-state index contributed by atoms with van der Waals surface area (Å²) < 4.78 is 9.86. The van der Waals surface area contributed by atoms with Gasteiger partial charge in [-0.25, -0.2) is 4.98 Å². The maximum atomic E-state index is 12.6. The standard InChI is InChI=1S/C19H25ClN4O2/c1-19(2,3)15-11-16(22-18(25)14-8-5-9-21-17(14)20)24(23(15)4)12-13-7-6-10-26-13/h5,8-9,11,13H,6-7,10,12H2,1-4H3/b22-16-/t13-/m1/s1. The molecule has 0 saturated carbocycles. The van der Waals surface area contributed by atoms with E-state index < -0.39 is 5.91 Å². The number of ether oxygens (including phenoxy) is 1. The molecule has 0 bridgehead atoms. The highest BCUT2D eigenvalue weighted by atomic mass is 35.5. The van der Waals surface area contributed by atoms with Gasteiger partial charge in [-0.05, 0) is 25.0 Å². The molecule has 0 aromatic carbocycles. The number of rotatable bonds is 3. The Bertz CT molecular complexity index is 870. The van der Waals surface area contributed by atoms with E-state index in [9.17, 15) is 4.79 Å². The van der Waals surface area contributed by atoms with Crippen molar-refractivity contribution in [3.63, 3.8) is 0 Å². The fraction of sp³-hybridized carbons (Fsp3) is 0.526. The van der Waals surface area contributed by atoms with E-state index in [1.54, 1.807) is 18.3 Å². The molecule has 2 aromatic heterocycles. The molecule has 0 spiro atoms. The van der Waals surface area contributed by atoms with Crippen LogP contribution in [0.15, 0.2) is 29.4 Å². The number of hydrogen-bond acceptors (Lipinski definition) is 3. The van der Waals surface area contributed by atoms with E-state index in [2.05, 4.69) is 35.4 Å². The molecule has 0 N–H and O–H groups in total. The molecule has 1 amide bonds. The van der Waals surface area contributed by atoms with Crippen molar-refractivity contribution in [3.05, 3.63) is 46.3 Å². The third-order valence-electron chi connectivity index (χ3n) is 4.62. The van der Waals surface area contributed by atoms with Crippen LogP contribution in [0, 0.1) is 0 Å². The first-order valence-corrected chi connectivity index (χ1v) is 9.23. The van der Waals surface area contributed by atoms with Gasteiger partial charge in [0.1, 0.15) is 5.15 Å². The Labute approximate surface area is 158 Å². The molecule has 1 fully saturated rings. The molecule has 2 aromatic rings. The number of hydrogen-bond donors (Lipinski definition) is 0. The van der Waals surface area contributed by atoms with Gasteiger partial charge in [0.2, 0.25) is 0 Å². The van der Waals surface area contributed by atoms with Crippen molar-refractivity contribution in [2.75, 3.05) is 6.61 Å². The fourth-order valence-corrected chi connectivity index (χ4v) is 3.47. The maximum Gasteiger partial charge on any atom is 0.282 e. The van der Waals surface area contributed by atoms with E-state index in [1.807, 2.05) is 17.8 Å². The monoisotopic (exact) mass is 376 g/mol. The number of carbonyl (C=O) groups excluding carboxylic acids is 1. The van der Waals surface area contributed by atoms with Gasteiger partial charge >= 0.3 is 0 Å². The van der Waals surface area contributed by atoms with Crippen LogP contribution in [0.4, 0.5) is 0 Å². The normalized spacial score (nSPS) is 18.5. The van der Waals surface area contributed by atoms with Crippen LogP contribution in [-0.2, 0) is 23.7 Å². The summed E-state index contributed by atoms with van der Waals surface area (Å²) in [6, 6.07) is 5.29. The second kappa shape index (κ2) is 7.37. The first kappa shape index (κ1) is 18.9. The molecule has 3 rings (SSSR count). The number of aromatic nitrogens is 3. The molecule has 0 aliphatic carbocycles. The third kappa shape index (κ3) is 3.91. The van der Waals surface area contributed by atoms with Gasteiger partial charge in [-0.2, -0.15) is 4.99 Å². The Morgan fingerprint density at radius 1 is 1.46 bits per heavy atom.